The van der Waals surface area contributed by atoms with Crippen LogP contribution >= 0.6 is 0 Å². The van der Waals surface area contributed by atoms with Crippen molar-refractivity contribution >= 4 is 12.0 Å². The number of hydrogen-bond donors (Lipinski definition) is 0. The number of rotatable bonds is 5. The lowest BCUT2D eigenvalue weighted by Crippen LogP contribution is -2.00. The molecule has 20 heavy (non-hydrogen) atoms. The van der Waals surface area contributed by atoms with Crippen LogP contribution in [0.15, 0.2) is 60.7 Å². The molecule has 0 radical (unpaired) electrons. The van der Waals surface area contributed by atoms with E-state index in [4.69, 9.17) is 9.47 Å². The van der Waals surface area contributed by atoms with E-state index in [1.807, 2.05) is 54.6 Å². The second kappa shape index (κ2) is 7.14. The van der Waals surface area contributed by atoms with Crippen molar-refractivity contribution in [2.75, 3.05) is 7.11 Å². The van der Waals surface area contributed by atoms with Gasteiger partial charge in [-0.1, -0.05) is 48.5 Å². The summed E-state index contributed by atoms with van der Waals surface area (Å²) in [7, 11) is 1.60. The fourth-order valence-electron chi connectivity index (χ4n) is 1.74. The van der Waals surface area contributed by atoms with Crippen molar-refractivity contribution in [1.82, 2.24) is 0 Å². The summed E-state index contributed by atoms with van der Waals surface area (Å²) in [5.41, 5.74) is 1.80. The average Bonchev–Trinajstić information content (AvgIpc) is 2.52. The highest BCUT2D eigenvalue weighted by molar-refractivity contribution is 5.87. The molecule has 0 aliphatic rings. The summed E-state index contributed by atoms with van der Waals surface area (Å²) < 4.78 is 10.4. The predicted octanol–water partition coefficient (Wildman–Crippen LogP) is 3.45. The second-order valence-electron chi connectivity index (χ2n) is 4.17. The van der Waals surface area contributed by atoms with Crippen LogP contribution in [0.5, 0.6) is 5.75 Å². The molecule has 0 atom stereocenters. The van der Waals surface area contributed by atoms with E-state index >= 15 is 0 Å². The van der Waals surface area contributed by atoms with E-state index in [0.717, 1.165) is 16.9 Å². The van der Waals surface area contributed by atoms with Gasteiger partial charge in [0.2, 0.25) is 0 Å². The first-order valence-electron chi connectivity index (χ1n) is 6.31. The summed E-state index contributed by atoms with van der Waals surface area (Å²) in [6, 6.07) is 17.1. The van der Waals surface area contributed by atoms with Crippen molar-refractivity contribution in [3.05, 3.63) is 71.8 Å². The number of hydrogen-bond acceptors (Lipinski definition) is 3. The number of carbonyl (C=O) groups is 1. The molecule has 0 saturated heterocycles. The molecule has 0 N–H and O–H groups in total. The summed E-state index contributed by atoms with van der Waals surface area (Å²) in [4.78, 5) is 11.6. The van der Waals surface area contributed by atoms with Crippen molar-refractivity contribution in [3.63, 3.8) is 0 Å². The quantitative estimate of drug-likeness (QED) is 0.615. The Morgan fingerprint density at radius 1 is 1.05 bits per heavy atom. The maximum atomic E-state index is 11.6. The highest BCUT2D eigenvalue weighted by atomic mass is 16.5. The molecule has 2 rings (SSSR count). The Morgan fingerprint density at radius 2 is 1.75 bits per heavy atom. The van der Waals surface area contributed by atoms with E-state index in [9.17, 15) is 4.79 Å². The third-order valence-electron chi connectivity index (χ3n) is 2.76. The highest BCUT2D eigenvalue weighted by Gasteiger charge is 2.00. The van der Waals surface area contributed by atoms with Crippen molar-refractivity contribution in [2.24, 2.45) is 0 Å². The van der Waals surface area contributed by atoms with Crippen molar-refractivity contribution in [1.29, 1.82) is 0 Å². The highest BCUT2D eigenvalue weighted by Crippen LogP contribution is 2.18. The van der Waals surface area contributed by atoms with Gasteiger partial charge < -0.3 is 9.47 Å². The Balaban J connectivity index is 1.92. The van der Waals surface area contributed by atoms with Crippen molar-refractivity contribution in [2.45, 2.75) is 6.61 Å². The lowest BCUT2D eigenvalue weighted by atomic mass is 10.2. The molecule has 3 nitrogen and oxygen atoms in total. The smallest absolute Gasteiger partial charge is 0.331 e. The lowest BCUT2D eigenvalue weighted by Gasteiger charge is -2.04. The second-order valence-corrected chi connectivity index (χ2v) is 4.17. The molecular weight excluding hydrogens is 252 g/mol. The van der Waals surface area contributed by atoms with E-state index in [1.165, 1.54) is 6.08 Å². The normalized spacial score (nSPS) is 10.4. The maximum Gasteiger partial charge on any atom is 0.331 e. The van der Waals surface area contributed by atoms with Gasteiger partial charge in [-0.05, 0) is 17.7 Å². The van der Waals surface area contributed by atoms with Gasteiger partial charge in [0, 0.05) is 11.6 Å². The third-order valence-corrected chi connectivity index (χ3v) is 2.76. The first-order chi connectivity index (χ1) is 9.79. The Kier molecular flexibility index (Phi) is 4.95. The van der Waals surface area contributed by atoms with Crippen LogP contribution in [0, 0.1) is 0 Å². The van der Waals surface area contributed by atoms with Gasteiger partial charge >= 0.3 is 5.97 Å². The number of ether oxygens (including phenoxy) is 2. The minimum Gasteiger partial charge on any atom is -0.496 e. The van der Waals surface area contributed by atoms with Crippen molar-refractivity contribution < 1.29 is 14.3 Å². The molecule has 102 valence electrons. The molecule has 3 heteroatoms. The summed E-state index contributed by atoms with van der Waals surface area (Å²) in [5, 5.41) is 0. The van der Waals surface area contributed by atoms with Crippen LogP contribution in [0.1, 0.15) is 11.1 Å². The van der Waals surface area contributed by atoms with Crippen LogP contribution in [0.3, 0.4) is 0 Å². The number of benzene rings is 2. The maximum absolute atomic E-state index is 11.6. The Morgan fingerprint density at radius 3 is 2.50 bits per heavy atom. The standard InChI is InChI=1S/C17H16O3/c1-19-16-10-6-5-9-15(16)11-12-17(18)20-13-14-7-3-2-4-8-14/h2-12H,13H2,1H3. The topological polar surface area (TPSA) is 35.5 Å². The van der Waals surface area contributed by atoms with Crippen LogP contribution in [0.25, 0.3) is 6.08 Å². The Hall–Kier alpha value is -2.55. The van der Waals surface area contributed by atoms with Crippen LogP contribution in [-0.4, -0.2) is 13.1 Å². The molecule has 0 saturated carbocycles. The predicted molar refractivity (Wildman–Crippen MR) is 78.3 cm³/mol. The monoisotopic (exact) mass is 268 g/mol. The number of methoxy groups -OCH3 is 1. The van der Waals surface area contributed by atoms with Crippen LogP contribution in [0.4, 0.5) is 0 Å². The van der Waals surface area contributed by atoms with Gasteiger partial charge in [-0.15, -0.1) is 0 Å². The van der Waals surface area contributed by atoms with Gasteiger partial charge in [0.05, 0.1) is 7.11 Å². The van der Waals surface area contributed by atoms with Crippen LogP contribution in [-0.2, 0) is 16.1 Å². The molecule has 0 unspecified atom stereocenters. The van der Waals surface area contributed by atoms with Gasteiger partial charge in [0.25, 0.3) is 0 Å². The van der Waals surface area contributed by atoms with Gasteiger partial charge in [-0.3, -0.25) is 0 Å². The summed E-state index contributed by atoms with van der Waals surface area (Å²) in [5.74, 6) is 0.347. The Labute approximate surface area is 118 Å². The van der Waals surface area contributed by atoms with Gasteiger partial charge in [-0.25, -0.2) is 4.79 Å². The number of para-hydroxylation sites is 1. The minimum atomic E-state index is -0.375. The lowest BCUT2D eigenvalue weighted by molar-refractivity contribution is -0.138. The average molecular weight is 268 g/mol. The number of carbonyl (C=O) groups excluding carboxylic acids is 1. The molecule has 0 amide bonds. The summed E-state index contributed by atoms with van der Waals surface area (Å²) >= 11 is 0. The largest absolute Gasteiger partial charge is 0.496 e. The fourth-order valence-corrected chi connectivity index (χ4v) is 1.74. The zero-order valence-corrected chi connectivity index (χ0v) is 11.3. The molecule has 0 aliphatic heterocycles. The molecular formula is C17H16O3. The van der Waals surface area contributed by atoms with Gasteiger partial charge in [0.15, 0.2) is 0 Å². The van der Waals surface area contributed by atoms with E-state index < -0.39 is 0 Å². The zero-order valence-electron chi connectivity index (χ0n) is 11.3. The van der Waals surface area contributed by atoms with E-state index in [0.29, 0.717) is 0 Å². The Bertz CT molecular complexity index is 588. The molecule has 0 heterocycles. The van der Waals surface area contributed by atoms with Gasteiger partial charge in [0.1, 0.15) is 12.4 Å². The number of esters is 1. The first kappa shape index (κ1) is 13.9. The van der Waals surface area contributed by atoms with E-state index in [1.54, 1.807) is 13.2 Å². The molecule has 2 aromatic carbocycles. The molecule has 0 bridgehead atoms. The zero-order chi connectivity index (χ0) is 14.2. The molecule has 0 aliphatic carbocycles. The molecule has 0 aromatic heterocycles. The molecule has 0 fully saturated rings. The van der Waals surface area contributed by atoms with E-state index in [2.05, 4.69) is 0 Å². The third kappa shape index (κ3) is 3.99. The van der Waals surface area contributed by atoms with E-state index in [-0.39, 0.29) is 12.6 Å². The van der Waals surface area contributed by atoms with Crippen LogP contribution < -0.4 is 4.74 Å². The first-order valence-corrected chi connectivity index (χ1v) is 6.31. The fraction of sp³-hybridized carbons (Fsp3) is 0.118. The summed E-state index contributed by atoms with van der Waals surface area (Å²) in [6.07, 6.45) is 3.09. The van der Waals surface area contributed by atoms with Gasteiger partial charge in [-0.2, -0.15) is 0 Å². The minimum absolute atomic E-state index is 0.274. The molecule has 0 spiro atoms. The van der Waals surface area contributed by atoms with Crippen LogP contribution in [0.2, 0.25) is 0 Å². The SMILES string of the molecule is COc1ccccc1C=CC(=O)OCc1ccccc1. The van der Waals surface area contributed by atoms with Crippen molar-refractivity contribution in [3.8, 4) is 5.75 Å². The summed E-state index contributed by atoms with van der Waals surface area (Å²) in [6.45, 7) is 0.274. The molecule has 2 aromatic rings.